The highest BCUT2D eigenvalue weighted by molar-refractivity contribution is 5.92. The third-order valence-corrected chi connectivity index (χ3v) is 4.63. The number of carbonyl (C=O) groups excluding carboxylic acids is 2. The van der Waals surface area contributed by atoms with E-state index in [1.165, 1.54) is 16.8 Å². The second kappa shape index (κ2) is 11.0. The quantitative estimate of drug-likeness (QED) is 0.423. The van der Waals surface area contributed by atoms with Gasteiger partial charge in [0.1, 0.15) is 0 Å². The van der Waals surface area contributed by atoms with Crippen molar-refractivity contribution in [1.29, 1.82) is 0 Å². The first-order valence-corrected chi connectivity index (χ1v) is 10.9. The Morgan fingerprint density at radius 3 is 2.43 bits per heavy atom. The Hall–Kier alpha value is -3.89. The molecule has 2 aromatic carbocycles. The molecule has 0 saturated heterocycles. The molecule has 186 valence electrons. The Labute approximate surface area is 200 Å². The lowest BCUT2D eigenvalue weighted by Gasteiger charge is -2.10. The number of rotatable bonds is 9. The molecular formula is C24H25F3N4O4. The number of benzene rings is 2. The highest BCUT2D eigenvalue weighted by atomic mass is 19.4. The van der Waals surface area contributed by atoms with E-state index in [4.69, 9.17) is 9.47 Å². The molecule has 0 fully saturated rings. The van der Waals surface area contributed by atoms with Crippen molar-refractivity contribution in [2.45, 2.75) is 45.9 Å². The maximum Gasteiger partial charge on any atom is 0.416 e. The third-order valence-electron chi connectivity index (χ3n) is 4.63. The lowest BCUT2D eigenvalue weighted by molar-refractivity contribution is -0.144. The summed E-state index contributed by atoms with van der Waals surface area (Å²) in [6.45, 7) is 5.50. The summed E-state index contributed by atoms with van der Waals surface area (Å²) in [7, 11) is 0. The van der Waals surface area contributed by atoms with E-state index >= 15 is 0 Å². The average molecular weight is 490 g/mol. The second-order valence-corrected chi connectivity index (χ2v) is 7.78. The van der Waals surface area contributed by atoms with Crippen LogP contribution in [0.25, 0.3) is 17.1 Å². The second-order valence-electron chi connectivity index (χ2n) is 7.78. The smallest absolute Gasteiger partial charge is 0.416 e. The molecule has 11 heteroatoms. The van der Waals surface area contributed by atoms with E-state index in [2.05, 4.69) is 15.4 Å². The number of carbonyl (C=O) groups is 2. The largest absolute Gasteiger partial charge is 0.466 e. The molecule has 0 saturated carbocycles. The Kier molecular flexibility index (Phi) is 8.10. The van der Waals surface area contributed by atoms with Crippen molar-refractivity contribution in [1.82, 2.24) is 14.8 Å². The van der Waals surface area contributed by atoms with Gasteiger partial charge in [-0.1, -0.05) is 12.1 Å². The molecule has 3 rings (SSSR count). The van der Waals surface area contributed by atoms with Gasteiger partial charge in [-0.15, -0.1) is 5.10 Å². The van der Waals surface area contributed by atoms with Gasteiger partial charge >= 0.3 is 18.2 Å². The molecule has 1 aromatic heterocycles. The molecule has 0 atom stereocenters. The zero-order valence-electron chi connectivity index (χ0n) is 19.4. The monoisotopic (exact) mass is 490 g/mol. The van der Waals surface area contributed by atoms with E-state index in [0.717, 1.165) is 12.1 Å². The van der Waals surface area contributed by atoms with Crippen LogP contribution in [0.5, 0.6) is 6.01 Å². The van der Waals surface area contributed by atoms with Crippen LogP contribution < -0.4 is 10.1 Å². The number of ether oxygens (including phenoxy) is 2. The number of alkyl halides is 3. The van der Waals surface area contributed by atoms with Gasteiger partial charge in [-0.2, -0.15) is 18.2 Å². The Morgan fingerprint density at radius 2 is 1.80 bits per heavy atom. The maximum absolute atomic E-state index is 13.2. The Balaban J connectivity index is 1.85. The first kappa shape index (κ1) is 25.7. The molecule has 1 heterocycles. The van der Waals surface area contributed by atoms with E-state index in [1.54, 1.807) is 45.0 Å². The molecule has 0 aliphatic rings. The SMILES string of the molecule is CCOC(=O)CCC(=O)Nc1ccc(-n2nc(OC(C)C)nc2-c2cccc(C(F)(F)F)c2)cc1. The molecular weight excluding hydrogens is 465 g/mol. The van der Waals surface area contributed by atoms with Crippen LogP contribution in [-0.2, 0) is 20.5 Å². The van der Waals surface area contributed by atoms with E-state index in [0.29, 0.717) is 11.4 Å². The number of halogens is 3. The van der Waals surface area contributed by atoms with Gasteiger partial charge in [0.2, 0.25) is 5.91 Å². The summed E-state index contributed by atoms with van der Waals surface area (Å²) in [5.41, 5.74) is 0.370. The number of hydrogen-bond donors (Lipinski definition) is 1. The molecule has 0 aliphatic carbocycles. The van der Waals surface area contributed by atoms with Crippen LogP contribution in [0, 0.1) is 0 Å². The fraction of sp³-hybridized carbons (Fsp3) is 0.333. The number of nitrogens with zero attached hydrogens (tertiary/aromatic N) is 3. The summed E-state index contributed by atoms with van der Waals surface area (Å²) >= 11 is 0. The summed E-state index contributed by atoms with van der Waals surface area (Å²) in [4.78, 5) is 27.8. The molecule has 8 nitrogen and oxygen atoms in total. The fourth-order valence-corrected chi connectivity index (χ4v) is 3.11. The van der Waals surface area contributed by atoms with Crippen molar-refractivity contribution in [3.05, 3.63) is 54.1 Å². The van der Waals surface area contributed by atoms with Crippen molar-refractivity contribution in [2.24, 2.45) is 0 Å². The Bertz CT molecular complexity index is 1170. The molecule has 0 spiro atoms. The van der Waals surface area contributed by atoms with Gasteiger partial charge in [-0.05, 0) is 57.2 Å². The number of aromatic nitrogens is 3. The van der Waals surface area contributed by atoms with E-state index in [-0.39, 0.29) is 48.9 Å². The molecule has 1 amide bonds. The number of amides is 1. The minimum atomic E-state index is -4.51. The topological polar surface area (TPSA) is 95.3 Å². The summed E-state index contributed by atoms with van der Waals surface area (Å²) < 4.78 is 51.5. The standard InChI is InChI=1S/C24H25F3N4O4/c1-4-34-21(33)13-12-20(32)28-18-8-10-19(11-9-18)31-22(29-23(30-31)35-15(2)3)16-6-5-7-17(14-16)24(25,26)27/h5-11,14-15H,4,12-13H2,1-3H3,(H,28,32). The van der Waals surface area contributed by atoms with Crippen LogP contribution in [-0.4, -0.2) is 39.4 Å². The molecule has 35 heavy (non-hydrogen) atoms. The van der Waals surface area contributed by atoms with E-state index < -0.39 is 17.7 Å². The summed E-state index contributed by atoms with van der Waals surface area (Å²) in [5.74, 6) is -0.646. The maximum atomic E-state index is 13.2. The number of hydrogen-bond acceptors (Lipinski definition) is 6. The van der Waals surface area contributed by atoms with Crippen LogP contribution in [0.1, 0.15) is 39.2 Å². The van der Waals surface area contributed by atoms with Gasteiger partial charge in [-0.25, -0.2) is 4.68 Å². The third kappa shape index (κ3) is 7.05. The molecule has 0 radical (unpaired) electrons. The van der Waals surface area contributed by atoms with Crippen LogP contribution in [0.2, 0.25) is 0 Å². The minimum Gasteiger partial charge on any atom is -0.466 e. The van der Waals surface area contributed by atoms with Crippen LogP contribution in [0.15, 0.2) is 48.5 Å². The minimum absolute atomic E-state index is 0.0174. The van der Waals surface area contributed by atoms with Crippen molar-refractivity contribution >= 4 is 17.6 Å². The van der Waals surface area contributed by atoms with Gasteiger partial charge in [0, 0.05) is 17.7 Å². The van der Waals surface area contributed by atoms with Crippen LogP contribution >= 0.6 is 0 Å². The van der Waals surface area contributed by atoms with E-state index in [1.807, 2.05) is 0 Å². The lowest BCUT2D eigenvalue weighted by atomic mass is 10.1. The lowest BCUT2D eigenvalue weighted by Crippen LogP contribution is -2.14. The van der Waals surface area contributed by atoms with Crippen molar-refractivity contribution in [3.8, 4) is 23.1 Å². The molecule has 1 N–H and O–H groups in total. The number of anilines is 1. The number of esters is 1. The molecule has 0 aliphatic heterocycles. The summed E-state index contributed by atoms with van der Waals surface area (Å²) in [6, 6.07) is 11.3. The van der Waals surface area contributed by atoms with Gasteiger partial charge in [-0.3, -0.25) is 9.59 Å². The van der Waals surface area contributed by atoms with Crippen molar-refractivity contribution in [3.63, 3.8) is 0 Å². The van der Waals surface area contributed by atoms with Gasteiger partial charge < -0.3 is 14.8 Å². The number of nitrogens with one attached hydrogen (secondary N) is 1. The highest BCUT2D eigenvalue weighted by Gasteiger charge is 2.31. The zero-order valence-corrected chi connectivity index (χ0v) is 19.4. The Morgan fingerprint density at radius 1 is 1.09 bits per heavy atom. The first-order chi connectivity index (χ1) is 16.6. The molecule has 0 unspecified atom stereocenters. The van der Waals surface area contributed by atoms with E-state index in [9.17, 15) is 22.8 Å². The van der Waals surface area contributed by atoms with Gasteiger partial charge in [0.05, 0.1) is 30.4 Å². The normalized spacial score (nSPS) is 11.4. The van der Waals surface area contributed by atoms with Crippen LogP contribution in [0.3, 0.4) is 0 Å². The van der Waals surface area contributed by atoms with Crippen molar-refractivity contribution in [2.75, 3.05) is 11.9 Å². The van der Waals surface area contributed by atoms with Gasteiger partial charge in [0.25, 0.3) is 0 Å². The predicted molar refractivity (Wildman–Crippen MR) is 122 cm³/mol. The average Bonchev–Trinajstić information content (AvgIpc) is 3.21. The summed E-state index contributed by atoms with van der Waals surface area (Å²) in [5, 5.41) is 6.99. The molecule has 3 aromatic rings. The highest BCUT2D eigenvalue weighted by Crippen LogP contribution is 2.33. The predicted octanol–water partition coefficient (Wildman–Crippen LogP) is 5.02. The summed E-state index contributed by atoms with van der Waals surface area (Å²) in [6.07, 6.45) is -4.81. The first-order valence-electron chi connectivity index (χ1n) is 10.9. The fourth-order valence-electron chi connectivity index (χ4n) is 3.11. The van der Waals surface area contributed by atoms with Crippen molar-refractivity contribution < 1.29 is 32.2 Å². The molecule has 0 bridgehead atoms. The van der Waals surface area contributed by atoms with Crippen LogP contribution in [0.4, 0.5) is 18.9 Å². The zero-order chi connectivity index (χ0) is 25.6. The van der Waals surface area contributed by atoms with Gasteiger partial charge in [0.15, 0.2) is 5.82 Å².